The van der Waals surface area contributed by atoms with E-state index in [4.69, 9.17) is 21.4 Å². The van der Waals surface area contributed by atoms with Gasteiger partial charge in [-0.1, -0.05) is 11.6 Å². The molecule has 1 fully saturated rings. The van der Waals surface area contributed by atoms with Crippen LogP contribution in [0.1, 0.15) is 31.2 Å². The molecule has 0 spiro atoms. The smallest absolute Gasteiger partial charge is 0.262 e. The summed E-state index contributed by atoms with van der Waals surface area (Å²) in [5.41, 5.74) is 1.98. The second kappa shape index (κ2) is 7.83. The fourth-order valence-electron chi connectivity index (χ4n) is 4.03. The van der Waals surface area contributed by atoms with E-state index in [-0.39, 0.29) is 18.3 Å². The van der Waals surface area contributed by atoms with Gasteiger partial charge in [-0.05, 0) is 51.4 Å². The van der Waals surface area contributed by atoms with Crippen molar-refractivity contribution in [3.05, 3.63) is 39.3 Å². The van der Waals surface area contributed by atoms with Crippen molar-refractivity contribution in [3.63, 3.8) is 0 Å². The first-order chi connectivity index (χ1) is 13.5. The van der Waals surface area contributed by atoms with Crippen molar-refractivity contribution in [3.8, 4) is 0 Å². The quantitative estimate of drug-likeness (QED) is 0.683. The molecule has 2 aromatic heterocycles. The largest absolute Gasteiger partial charge is 0.390 e. The number of ether oxygens (including phenoxy) is 1. The van der Waals surface area contributed by atoms with Crippen LogP contribution in [0.4, 0.5) is 0 Å². The maximum atomic E-state index is 13.4. The molecule has 1 aliphatic heterocycles. The van der Waals surface area contributed by atoms with E-state index in [2.05, 4.69) is 5.32 Å². The fourth-order valence-corrected chi connectivity index (χ4v) is 4.20. The summed E-state index contributed by atoms with van der Waals surface area (Å²) in [4.78, 5) is 13.4. The number of benzene rings is 1. The number of hydrogen-bond acceptors (Lipinski definition) is 5. The third kappa shape index (κ3) is 3.33. The Labute approximate surface area is 167 Å². The summed E-state index contributed by atoms with van der Waals surface area (Å²) >= 11 is 6.26. The minimum atomic E-state index is -0.684. The highest BCUT2D eigenvalue weighted by Crippen LogP contribution is 2.30. The standard InChI is InChI=1S/C20H25ClN4O3/c1-12-18-19(23-25(12)17-5-3-4-8-28-17)15-9-13(21)6-7-16(15)24(20(18)27)11-14(26)10-22-2/h6-7,9,14,17,22,26H,3-5,8,10-11H2,1-2H3. The predicted molar refractivity (Wildman–Crippen MR) is 110 cm³/mol. The number of aryl methyl sites for hydroxylation is 1. The molecule has 4 rings (SSSR count). The van der Waals surface area contributed by atoms with Gasteiger partial charge in [0, 0.05) is 23.6 Å². The minimum Gasteiger partial charge on any atom is -0.390 e. The van der Waals surface area contributed by atoms with Crippen molar-refractivity contribution in [1.82, 2.24) is 19.7 Å². The lowest BCUT2D eigenvalue weighted by atomic mass is 10.1. The van der Waals surface area contributed by atoms with Gasteiger partial charge < -0.3 is 19.7 Å². The van der Waals surface area contributed by atoms with E-state index in [0.29, 0.717) is 34.6 Å². The number of nitrogens with zero attached hydrogens (tertiary/aromatic N) is 3. The van der Waals surface area contributed by atoms with Gasteiger partial charge in [0.25, 0.3) is 5.56 Å². The Bertz CT molecular complexity index is 1070. The Hall–Kier alpha value is -1.93. The highest BCUT2D eigenvalue weighted by Gasteiger charge is 2.24. The van der Waals surface area contributed by atoms with Crippen molar-refractivity contribution in [2.24, 2.45) is 0 Å². The lowest BCUT2D eigenvalue weighted by Gasteiger charge is -2.23. The molecule has 7 nitrogen and oxygen atoms in total. The van der Waals surface area contributed by atoms with Crippen LogP contribution in [0.5, 0.6) is 0 Å². The van der Waals surface area contributed by atoms with Gasteiger partial charge in [-0.3, -0.25) is 4.79 Å². The van der Waals surface area contributed by atoms with E-state index in [0.717, 1.165) is 30.3 Å². The number of pyridine rings is 1. The molecule has 0 bridgehead atoms. The van der Waals surface area contributed by atoms with Gasteiger partial charge in [0.15, 0.2) is 0 Å². The van der Waals surface area contributed by atoms with Crippen molar-refractivity contribution >= 4 is 33.4 Å². The van der Waals surface area contributed by atoms with Crippen LogP contribution in [0.2, 0.25) is 5.02 Å². The molecule has 0 amide bonds. The second-order valence-electron chi connectivity index (χ2n) is 7.36. The maximum Gasteiger partial charge on any atom is 0.262 e. The number of fused-ring (bicyclic) bond motifs is 3. The van der Waals surface area contributed by atoms with Gasteiger partial charge in [0.1, 0.15) is 11.7 Å². The Kier molecular flexibility index (Phi) is 5.42. The van der Waals surface area contributed by atoms with Crippen LogP contribution in [-0.2, 0) is 11.3 Å². The van der Waals surface area contributed by atoms with Crippen LogP contribution in [-0.4, -0.2) is 45.8 Å². The second-order valence-corrected chi connectivity index (χ2v) is 7.80. The first kappa shape index (κ1) is 19.4. The zero-order valence-electron chi connectivity index (χ0n) is 16.1. The van der Waals surface area contributed by atoms with Crippen LogP contribution in [0.3, 0.4) is 0 Å². The van der Waals surface area contributed by atoms with Gasteiger partial charge in [0.2, 0.25) is 0 Å². The predicted octanol–water partition coefficient (Wildman–Crippen LogP) is 2.59. The van der Waals surface area contributed by atoms with E-state index >= 15 is 0 Å². The summed E-state index contributed by atoms with van der Waals surface area (Å²) in [6.45, 7) is 3.19. The Morgan fingerprint density at radius 1 is 1.43 bits per heavy atom. The number of rotatable bonds is 5. The summed E-state index contributed by atoms with van der Waals surface area (Å²) in [6, 6.07) is 5.40. The van der Waals surface area contributed by atoms with Crippen LogP contribution >= 0.6 is 11.6 Å². The lowest BCUT2D eigenvalue weighted by molar-refractivity contribution is -0.0402. The van der Waals surface area contributed by atoms with Crippen LogP contribution < -0.4 is 10.9 Å². The number of aromatic nitrogens is 3. The molecule has 1 aliphatic rings. The molecule has 0 radical (unpaired) electrons. The lowest BCUT2D eigenvalue weighted by Crippen LogP contribution is -2.33. The Morgan fingerprint density at radius 2 is 2.25 bits per heavy atom. The molecule has 1 saturated heterocycles. The van der Waals surface area contributed by atoms with E-state index in [9.17, 15) is 9.90 Å². The van der Waals surface area contributed by atoms with Crippen LogP contribution in [0.25, 0.3) is 21.8 Å². The van der Waals surface area contributed by atoms with Crippen molar-refractivity contribution in [2.75, 3.05) is 20.2 Å². The number of halogens is 1. The highest BCUT2D eigenvalue weighted by molar-refractivity contribution is 6.31. The molecular weight excluding hydrogens is 380 g/mol. The highest BCUT2D eigenvalue weighted by atomic mass is 35.5. The van der Waals surface area contributed by atoms with Gasteiger partial charge in [0.05, 0.1) is 29.2 Å². The zero-order valence-corrected chi connectivity index (χ0v) is 16.9. The molecule has 150 valence electrons. The van der Waals surface area contributed by atoms with Gasteiger partial charge in [-0.25, -0.2) is 4.68 Å². The fraction of sp³-hybridized carbons (Fsp3) is 0.500. The summed E-state index contributed by atoms with van der Waals surface area (Å²) in [6.07, 6.45) is 2.16. The SMILES string of the molecule is CNCC(O)Cn1c(=O)c2c(C)n(C3CCCCO3)nc2c2cc(Cl)ccc21. The molecule has 2 unspecified atom stereocenters. The molecule has 0 saturated carbocycles. The van der Waals surface area contributed by atoms with Crippen molar-refractivity contribution in [1.29, 1.82) is 0 Å². The Morgan fingerprint density at radius 3 is 2.96 bits per heavy atom. The zero-order chi connectivity index (χ0) is 19.8. The molecule has 1 aromatic carbocycles. The molecule has 0 aliphatic carbocycles. The molecule has 3 heterocycles. The third-order valence-electron chi connectivity index (χ3n) is 5.38. The molecule has 2 N–H and O–H groups in total. The monoisotopic (exact) mass is 404 g/mol. The van der Waals surface area contributed by atoms with Crippen LogP contribution in [0.15, 0.2) is 23.0 Å². The first-order valence-electron chi connectivity index (χ1n) is 9.66. The molecule has 3 aromatic rings. The van der Waals surface area contributed by atoms with E-state index in [1.807, 2.05) is 23.7 Å². The summed E-state index contributed by atoms with van der Waals surface area (Å²) in [7, 11) is 1.77. The number of nitrogens with one attached hydrogen (secondary N) is 1. The average Bonchev–Trinajstić information content (AvgIpc) is 3.04. The van der Waals surface area contributed by atoms with E-state index in [1.165, 1.54) is 0 Å². The van der Waals surface area contributed by atoms with Crippen molar-refractivity contribution in [2.45, 2.75) is 45.1 Å². The molecule has 28 heavy (non-hydrogen) atoms. The molecular formula is C20H25ClN4O3. The van der Waals surface area contributed by atoms with Crippen LogP contribution in [0, 0.1) is 6.92 Å². The molecule has 8 heteroatoms. The van der Waals surface area contributed by atoms with Crippen molar-refractivity contribution < 1.29 is 9.84 Å². The number of aliphatic hydroxyl groups excluding tert-OH is 1. The van der Waals surface area contributed by atoms with E-state index in [1.54, 1.807) is 17.7 Å². The number of hydrogen-bond donors (Lipinski definition) is 2. The van der Waals surface area contributed by atoms with Gasteiger partial charge in [-0.15, -0.1) is 0 Å². The van der Waals surface area contributed by atoms with E-state index < -0.39 is 6.10 Å². The first-order valence-corrected chi connectivity index (χ1v) is 10.0. The van der Waals surface area contributed by atoms with Gasteiger partial charge in [-0.2, -0.15) is 5.10 Å². The topological polar surface area (TPSA) is 81.3 Å². The third-order valence-corrected chi connectivity index (χ3v) is 5.61. The summed E-state index contributed by atoms with van der Waals surface area (Å²) < 4.78 is 9.35. The van der Waals surface area contributed by atoms with Gasteiger partial charge >= 0.3 is 0 Å². The normalized spacial score (nSPS) is 18.8. The Balaban J connectivity index is 1.97. The molecule has 2 atom stereocenters. The minimum absolute atomic E-state index is 0.153. The number of aliphatic hydroxyl groups is 1. The average molecular weight is 405 g/mol. The maximum absolute atomic E-state index is 13.4. The summed E-state index contributed by atoms with van der Waals surface area (Å²) in [5.74, 6) is 0. The summed E-state index contributed by atoms with van der Waals surface area (Å²) in [5, 5.41) is 19.9. The number of likely N-dealkylation sites (N-methyl/N-ethyl adjacent to an activating group) is 1.